The second-order valence-electron chi connectivity index (χ2n) is 4.24. The molecule has 2 bridgehead atoms. The van der Waals surface area contributed by atoms with Gasteiger partial charge in [0.05, 0.1) is 11.9 Å². The molecular formula is C14H8N2O6. The number of hydrogen-bond donors (Lipinski definition) is 0. The van der Waals surface area contributed by atoms with E-state index in [2.05, 4.69) is 0 Å². The van der Waals surface area contributed by atoms with Gasteiger partial charge in [-0.1, -0.05) is 18.2 Å². The highest BCUT2D eigenvalue weighted by Gasteiger charge is 2.11. The van der Waals surface area contributed by atoms with E-state index >= 15 is 0 Å². The third kappa shape index (κ3) is 2.33. The molecule has 22 heavy (non-hydrogen) atoms. The Morgan fingerprint density at radius 1 is 0.818 bits per heavy atom. The zero-order chi connectivity index (χ0) is 15.7. The fourth-order valence-corrected chi connectivity index (χ4v) is 1.86. The van der Waals surface area contributed by atoms with Crippen molar-refractivity contribution in [3.8, 4) is 5.69 Å². The van der Waals surface area contributed by atoms with Crippen LogP contribution in [0.4, 0.5) is 0 Å². The number of rotatable bonds is 1. The highest BCUT2D eigenvalue weighted by molar-refractivity contribution is 5.39. The minimum absolute atomic E-state index is 0.243. The van der Waals surface area contributed by atoms with Crippen LogP contribution >= 0.6 is 0 Å². The lowest BCUT2D eigenvalue weighted by Crippen LogP contribution is -2.36. The molecule has 0 N–H and O–H groups in total. The Labute approximate surface area is 120 Å². The van der Waals surface area contributed by atoms with E-state index in [1.54, 1.807) is 18.2 Å². The van der Waals surface area contributed by atoms with Crippen molar-refractivity contribution in [2.24, 2.45) is 0 Å². The van der Waals surface area contributed by atoms with E-state index < -0.39 is 28.1 Å². The summed E-state index contributed by atoms with van der Waals surface area (Å²) in [5.41, 5.74) is -3.82. The summed E-state index contributed by atoms with van der Waals surface area (Å²) >= 11 is 0. The maximum absolute atomic E-state index is 12.3. The molecule has 2 aromatic heterocycles. The number of benzene rings is 1. The quantitative estimate of drug-likeness (QED) is 0.622. The molecule has 0 saturated carbocycles. The van der Waals surface area contributed by atoms with Gasteiger partial charge >= 0.3 is 22.5 Å². The summed E-state index contributed by atoms with van der Waals surface area (Å²) in [6, 6.07) is 9.56. The lowest BCUT2D eigenvalue weighted by molar-refractivity contribution is 0.306. The zero-order valence-electron chi connectivity index (χ0n) is 11.0. The first kappa shape index (κ1) is 13.6. The van der Waals surface area contributed by atoms with Gasteiger partial charge in [-0.25, -0.2) is 19.0 Å². The molecule has 110 valence electrons. The van der Waals surface area contributed by atoms with Gasteiger partial charge in [-0.3, -0.25) is 4.79 Å². The highest BCUT2D eigenvalue weighted by Crippen LogP contribution is 2.01. The van der Waals surface area contributed by atoms with E-state index in [-0.39, 0.29) is 5.69 Å². The maximum Gasteiger partial charge on any atom is 0.369 e. The zero-order valence-corrected chi connectivity index (χ0v) is 11.0. The number of nitrogens with zero attached hydrogens (tertiary/aromatic N) is 2. The molecule has 0 saturated heterocycles. The third-order valence-electron chi connectivity index (χ3n) is 2.80. The topological polar surface area (TPSA) is 104 Å². The SMILES string of the molecule is O=c1ccc(=O)on2cc(o1)c(=O)n(-c1ccccc1)c2=O. The molecule has 2 heterocycles. The molecule has 0 fully saturated rings. The summed E-state index contributed by atoms with van der Waals surface area (Å²) in [6.45, 7) is 0. The first-order chi connectivity index (χ1) is 10.6. The molecule has 0 spiro atoms. The Hall–Kier alpha value is -3.42. The van der Waals surface area contributed by atoms with Gasteiger partial charge in [0.1, 0.15) is 0 Å². The molecule has 0 radical (unpaired) electrons. The van der Waals surface area contributed by atoms with Gasteiger partial charge < -0.3 is 8.94 Å². The molecule has 0 unspecified atom stereocenters. The second-order valence-corrected chi connectivity index (χ2v) is 4.24. The van der Waals surface area contributed by atoms with Crippen LogP contribution in [-0.4, -0.2) is 9.14 Å². The minimum Gasteiger partial charge on any atom is -0.416 e. The molecule has 8 heteroatoms. The smallest absolute Gasteiger partial charge is 0.369 e. The Morgan fingerprint density at radius 2 is 1.50 bits per heavy atom. The van der Waals surface area contributed by atoms with Crippen LogP contribution in [0.2, 0.25) is 0 Å². The van der Waals surface area contributed by atoms with E-state index in [0.29, 0.717) is 4.57 Å². The minimum atomic E-state index is -0.954. The van der Waals surface area contributed by atoms with Crippen molar-refractivity contribution in [2.45, 2.75) is 0 Å². The molecule has 0 aliphatic rings. The fourth-order valence-electron chi connectivity index (χ4n) is 1.86. The molecule has 0 aliphatic heterocycles. The molecule has 3 rings (SSSR count). The highest BCUT2D eigenvalue weighted by atomic mass is 16.5. The second kappa shape index (κ2) is 5.17. The molecule has 1 aromatic carbocycles. The predicted molar refractivity (Wildman–Crippen MR) is 75.2 cm³/mol. The van der Waals surface area contributed by atoms with Gasteiger partial charge in [-0.2, -0.15) is 0 Å². The van der Waals surface area contributed by atoms with E-state index in [1.165, 1.54) is 12.1 Å². The molecule has 0 aliphatic carbocycles. The van der Waals surface area contributed by atoms with Gasteiger partial charge in [0.2, 0.25) is 5.58 Å². The van der Waals surface area contributed by atoms with E-state index in [1.807, 2.05) is 0 Å². The van der Waals surface area contributed by atoms with Crippen molar-refractivity contribution >= 4 is 5.58 Å². The van der Waals surface area contributed by atoms with Crippen LogP contribution in [0.3, 0.4) is 0 Å². The Bertz CT molecular complexity index is 1040. The van der Waals surface area contributed by atoms with Crippen molar-refractivity contribution in [1.82, 2.24) is 9.14 Å². The first-order valence-electron chi connectivity index (χ1n) is 6.12. The van der Waals surface area contributed by atoms with Gasteiger partial charge in [-0.15, -0.1) is 4.57 Å². The normalized spacial score (nSPS) is 10.5. The van der Waals surface area contributed by atoms with Crippen molar-refractivity contribution in [2.75, 3.05) is 0 Å². The average molecular weight is 300 g/mol. The fraction of sp³-hybridized carbons (Fsp3) is 0. The Balaban J connectivity index is 2.61. The van der Waals surface area contributed by atoms with Crippen LogP contribution in [-0.2, 0) is 0 Å². The van der Waals surface area contributed by atoms with Crippen molar-refractivity contribution in [3.05, 3.63) is 90.3 Å². The molecular weight excluding hydrogens is 292 g/mol. The van der Waals surface area contributed by atoms with Gasteiger partial charge in [0, 0.05) is 12.1 Å². The first-order valence-corrected chi connectivity index (χ1v) is 6.12. The molecule has 8 nitrogen and oxygen atoms in total. The number of para-hydroxylation sites is 1. The van der Waals surface area contributed by atoms with Crippen LogP contribution in [0.15, 0.2) is 76.8 Å². The monoisotopic (exact) mass is 300 g/mol. The van der Waals surface area contributed by atoms with Gasteiger partial charge in [0.25, 0.3) is 0 Å². The van der Waals surface area contributed by atoms with E-state index in [9.17, 15) is 19.2 Å². The summed E-state index contributed by atoms with van der Waals surface area (Å²) in [6.07, 6.45) is 0.854. The van der Waals surface area contributed by atoms with E-state index in [0.717, 1.165) is 22.9 Å². The summed E-state index contributed by atoms with van der Waals surface area (Å²) < 4.78 is 10.9. The van der Waals surface area contributed by atoms with Gasteiger partial charge in [-0.05, 0) is 12.1 Å². The van der Waals surface area contributed by atoms with Crippen LogP contribution in [0.25, 0.3) is 11.3 Å². The average Bonchev–Trinajstić information content (AvgIpc) is 2.57. The summed E-state index contributed by atoms with van der Waals surface area (Å²) in [5, 5.41) is 0. The molecule has 0 amide bonds. The van der Waals surface area contributed by atoms with Crippen molar-refractivity contribution < 1.29 is 8.94 Å². The number of fused-ring (bicyclic) bond motifs is 2. The largest absolute Gasteiger partial charge is 0.416 e. The number of hydrogen-bond acceptors (Lipinski definition) is 6. The Morgan fingerprint density at radius 3 is 2.23 bits per heavy atom. The third-order valence-corrected chi connectivity index (χ3v) is 2.80. The summed E-state index contributed by atoms with van der Waals surface area (Å²) in [7, 11) is 0. The van der Waals surface area contributed by atoms with Crippen molar-refractivity contribution in [3.63, 3.8) is 0 Å². The summed E-state index contributed by atoms with van der Waals surface area (Å²) in [4.78, 5) is 47.5. The lowest BCUT2D eigenvalue weighted by atomic mass is 10.3. The van der Waals surface area contributed by atoms with Crippen LogP contribution in [0, 0.1) is 0 Å². The Kier molecular flexibility index (Phi) is 3.18. The van der Waals surface area contributed by atoms with Crippen LogP contribution in [0.5, 0.6) is 0 Å². The predicted octanol–water partition coefficient (Wildman–Crippen LogP) is -0.0810. The van der Waals surface area contributed by atoms with Crippen LogP contribution in [0.1, 0.15) is 0 Å². The summed E-state index contributed by atoms with van der Waals surface area (Å²) in [5.74, 6) is 0. The maximum atomic E-state index is 12.3. The molecule has 3 aromatic rings. The van der Waals surface area contributed by atoms with Crippen molar-refractivity contribution in [1.29, 1.82) is 0 Å². The standard InChI is InChI=1S/C14H8N2O6/c17-11-6-7-12(18)22-15-8-10(21-11)13(19)16(14(15)20)9-4-2-1-3-5-9/h1-8H. The van der Waals surface area contributed by atoms with E-state index in [4.69, 9.17) is 8.94 Å². The van der Waals surface area contributed by atoms with Crippen LogP contribution < -0.4 is 22.5 Å². The number of aromatic nitrogens is 2. The lowest BCUT2D eigenvalue weighted by Gasteiger charge is -2.03. The molecule has 0 atom stereocenters. The van der Waals surface area contributed by atoms with Gasteiger partial charge in [0.15, 0.2) is 0 Å².